The fourth-order valence-corrected chi connectivity index (χ4v) is 7.24. The number of rotatable bonds is 2. The molecule has 0 aromatic heterocycles. The van der Waals surface area contributed by atoms with E-state index < -0.39 is 0 Å². The first-order valence-electron chi connectivity index (χ1n) is 11.3. The number of hydrogen-bond acceptors (Lipinski definition) is 2. The first kappa shape index (κ1) is 20.0. The zero-order valence-corrected chi connectivity index (χ0v) is 18.3. The van der Waals surface area contributed by atoms with Crippen molar-refractivity contribution < 1.29 is 9.59 Å². The van der Waals surface area contributed by atoms with Crippen LogP contribution >= 0.6 is 0 Å². The molecule has 2 unspecified atom stereocenters. The molecule has 2 amide bonds. The van der Waals surface area contributed by atoms with Crippen molar-refractivity contribution >= 4 is 11.8 Å². The van der Waals surface area contributed by atoms with E-state index in [0.717, 1.165) is 25.8 Å². The molecule has 0 bridgehead atoms. The van der Waals surface area contributed by atoms with Gasteiger partial charge in [-0.15, -0.1) is 0 Å². The lowest BCUT2D eigenvalue weighted by Gasteiger charge is -2.58. The van der Waals surface area contributed by atoms with Crippen LogP contribution in [0.1, 0.15) is 73.1 Å². The summed E-state index contributed by atoms with van der Waals surface area (Å²) < 4.78 is 0. The Morgan fingerprint density at radius 3 is 2.61 bits per heavy atom. The van der Waals surface area contributed by atoms with Gasteiger partial charge in [-0.2, -0.15) is 0 Å². The lowest BCUT2D eigenvalue weighted by Crippen LogP contribution is -2.59. The lowest BCUT2D eigenvalue weighted by molar-refractivity contribution is -0.134. The van der Waals surface area contributed by atoms with E-state index in [9.17, 15) is 9.59 Å². The molecule has 0 saturated heterocycles. The molecule has 0 radical (unpaired) electrons. The van der Waals surface area contributed by atoms with Crippen LogP contribution in [0.25, 0.3) is 0 Å². The zero-order valence-electron chi connectivity index (χ0n) is 18.3. The van der Waals surface area contributed by atoms with Gasteiger partial charge in [0.15, 0.2) is 0 Å². The summed E-state index contributed by atoms with van der Waals surface area (Å²) in [6, 6.07) is 0.280. The second kappa shape index (κ2) is 6.60. The third kappa shape index (κ3) is 3.11. The van der Waals surface area contributed by atoms with E-state index in [1.54, 1.807) is 6.08 Å². The minimum Gasteiger partial charge on any atom is -0.355 e. The van der Waals surface area contributed by atoms with Gasteiger partial charge < -0.3 is 10.6 Å². The van der Waals surface area contributed by atoms with Crippen LogP contribution in [0.15, 0.2) is 12.2 Å². The molecule has 0 spiro atoms. The smallest absolute Gasteiger partial charge is 0.243 e. The third-order valence-electron chi connectivity index (χ3n) is 8.80. The maximum absolute atomic E-state index is 13.1. The number of amides is 2. The molecular formula is C24H38N2O2. The van der Waals surface area contributed by atoms with E-state index in [2.05, 4.69) is 51.3 Å². The van der Waals surface area contributed by atoms with E-state index in [-0.39, 0.29) is 40.0 Å². The van der Waals surface area contributed by atoms with Gasteiger partial charge in [-0.05, 0) is 73.2 Å². The van der Waals surface area contributed by atoms with Crippen LogP contribution < -0.4 is 10.6 Å². The van der Waals surface area contributed by atoms with Crippen molar-refractivity contribution in [2.45, 2.75) is 79.2 Å². The zero-order chi connectivity index (χ0) is 20.3. The predicted octanol–water partition coefficient (Wildman–Crippen LogP) is 4.06. The van der Waals surface area contributed by atoms with Crippen molar-refractivity contribution in [3.05, 3.63) is 12.2 Å². The van der Waals surface area contributed by atoms with Crippen molar-refractivity contribution in [2.75, 3.05) is 6.54 Å². The Morgan fingerprint density at radius 1 is 1.14 bits per heavy atom. The Bertz CT molecular complexity index is 693. The lowest BCUT2D eigenvalue weighted by atomic mass is 9.48. The molecule has 28 heavy (non-hydrogen) atoms. The molecule has 156 valence electrons. The van der Waals surface area contributed by atoms with Gasteiger partial charge in [0.2, 0.25) is 11.8 Å². The standard InChI is InChI=1S/C24H38N2O2/c1-22(2,3)14-25-21(28)18-8-7-16-15-6-9-19-24(5,13-11-20(27)26-19)17(15)10-12-23(16,18)4/h11,13,15-19H,6-10,12,14H2,1-5H3,(H,25,28)(H,26,27)/t15-,16-,17+,18?,19?,23-,24+/m0/s1. The molecule has 4 heteroatoms. The molecule has 3 saturated carbocycles. The Kier molecular flexibility index (Phi) is 4.71. The largest absolute Gasteiger partial charge is 0.355 e. The van der Waals surface area contributed by atoms with Gasteiger partial charge in [0.25, 0.3) is 0 Å². The molecule has 4 nitrogen and oxygen atoms in total. The van der Waals surface area contributed by atoms with Crippen molar-refractivity contribution in [2.24, 2.45) is 39.9 Å². The number of carbonyl (C=O) groups excluding carboxylic acids is 2. The average molecular weight is 387 g/mol. The summed E-state index contributed by atoms with van der Waals surface area (Å²) in [6.45, 7) is 12.0. The van der Waals surface area contributed by atoms with Crippen molar-refractivity contribution in [3.63, 3.8) is 0 Å². The highest BCUT2D eigenvalue weighted by molar-refractivity contribution is 5.89. The highest BCUT2D eigenvalue weighted by Gasteiger charge is 2.60. The summed E-state index contributed by atoms with van der Waals surface area (Å²) in [4.78, 5) is 24.9. The Hall–Kier alpha value is -1.32. The Labute approximate surface area is 170 Å². The number of hydrogen-bond donors (Lipinski definition) is 2. The summed E-state index contributed by atoms with van der Waals surface area (Å²) in [6.07, 6.45) is 10.7. The molecular weight excluding hydrogens is 348 g/mol. The molecule has 3 fully saturated rings. The summed E-state index contributed by atoms with van der Waals surface area (Å²) in [5.74, 6) is 2.45. The van der Waals surface area contributed by atoms with Gasteiger partial charge in [-0.25, -0.2) is 0 Å². The van der Waals surface area contributed by atoms with Gasteiger partial charge >= 0.3 is 0 Å². The summed E-state index contributed by atoms with van der Waals surface area (Å²) in [5, 5.41) is 6.48. The van der Waals surface area contributed by atoms with Crippen LogP contribution in [-0.2, 0) is 9.59 Å². The van der Waals surface area contributed by atoms with Gasteiger partial charge in [-0.1, -0.05) is 40.7 Å². The number of carbonyl (C=O) groups is 2. The normalized spacial score (nSPS) is 44.9. The monoisotopic (exact) mass is 386 g/mol. The molecule has 0 aromatic carbocycles. The van der Waals surface area contributed by atoms with E-state index in [4.69, 9.17) is 0 Å². The summed E-state index contributed by atoms with van der Waals surface area (Å²) in [5.41, 5.74) is 0.329. The van der Waals surface area contributed by atoms with E-state index in [0.29, 0.717) is 17.8 Å². The van der Waals surface area contributed by atoms with Crippen LogP contribution in [0.4, 0.5) is 0 Å². The Morgan fingerprint density at radius 2 is 1.89 bits per heavy atom. The van der Waals surface area contributed by atoms with Gasteiger partial charge in [0.05, 0.1) is 0 Å². The molecule has 7 atom stereocenters. The van der Waals surface area contributed by atoms with Crippen molar-refractivity contribution in [1.29, 1.82) is 0 Å². The van der Waals surface area contributed by atoms with Crippen LogP contribution in [0.5, 0.6) is 0 Å². The van der Waals surface area contributed by atoms with E-state index in [1.807, 2.05) is 0 Å². The average Bonchev–Trinajstić information content (AvgIpc) is 2.97. The summed E-state index contributed by atoms with van der Waals surface area (Å²) in [7, 11) is 0. The van der Waals surface area contributed by atoms with E-state index >= 15 is 0 Å². The fraction of sp³-hybridized carbons (Fsp3) is 0.833. The molecule has 4 aliphatic rings. The maximum atomic E-state index is 13.1. The second-order valence-corrected chi connectivity index (χ2v) is 11.7. The second-order valence-electron chi connectivity index (χ2n) is 11.7. The highest BCUT2D eigenvalue weighted by atomic mass is 16.2. The minimum absolute atomic E-state index is 0.0676. The summed E-state index contributed by atoms with van der Waals surface area (Å²) >= 11 is 0. The molecule has 4 rings (SSSR count). The van der Waals surface area contributed by atoms with Crippen LogP contribution in [0.3, 0.4) is 0 Å². The quantitative estimate of drug-likeness (QED) is 0.752. The highest BCUT2D eigenvalue weighted by Crippen LogP contribution is 2.64. The Balaban J connectivity index is 1.53. The van der Waals surface area contributed by atoms with Crippen LogP contribution in [-0.4, -0.2) is 24.4 Å². The van der Waals surface area contributed by atoms with Crippen LogP contribution in [0, 0.1) is 39.9 Å². The van der Waals surface area contributed by atoms with Gasteiger partial charge in [0, 0.05) is 23.9 Å². The molecule has 0 aromatic rings. The fourth-order valence-electron chi connectivity index (χ4n) is 7.24. The van der Waals surface area contributed by atoms with Crippen LogP contribution in [0.2, 0.25) is 0 Å². The molecule has 2 N–H and O–H groups in total. The van der Waals surface area contributed by atoms with E-state index in [1.165, 1.54) is 19.3 Å². The molecule has 1 aliphatic heterocycles. The first-order valence-corrected chi connectivity index (χ1v) is 11.3. The van der Waals surface area contributed by atoms with Gasteiger partial charge in [0.1, 0.15) is 0 Å². The maximum Gasteiger partial charge on any atom is 0.243 e. The van der Waals surface area contributed by atoms with Crippen molar-refractivity contribution in [3.8, 4) is 0 Å². The molecule has 1 heterocycles. The predicted molar refractivity (Wildman–Crippen MR) is 111 cm³/mol. The van der Waals surface area contributed by atoms with Crippen molar-refractivity contribution in [1.82, 2.24) is 10.6 Å². The SMILES string of the molecule is CC(C)(C)CNC(=O)C1CC[C@H]2[C@@H]3CCC4NC(=O)C=C[C@]4(C)[C@@H]3CC[C@]12C. The number of nitrogens with one attached hydrogen (secondary N) is 2. The first-order chi connectivity index (χ1) is 13.0. The van der Waals surface area contributed by atoms with Gasteiger partial charge in [-0.3, -0.25) is 9.59 Å². The minimum atomic E-state index is 0.0676. The topological polar surface area (TPSA) is 58.2 Å². The molecule has 3 aliphatic carbocycles. The number of fused-ring (bicyclic) bond motifs is 5. The third-order valence-corrected chi connectivity index (χ3v) is 8.80.